The Morgan fingerprint density at radius 2 is 1.55 bits per heavy atom. The summed E-state index contributed by atoms with van der Waals surface area (Å²) in [5.41, 5.74) is 3.37. The highest BCUT2D eigenvalue weighted by Gasteiger charge is 2.45. The van der Waals surface area contributed by atoms with Gasteiger partial charge in [-0.1, -0.05) is 29.3 Å². The van der Waals surface area contributed by atoms with Crippen molar-refractivity contribution >= 4 is 34.6 Å². The van der Waals surface area contributed by atoms with E-state index in [1.165, 1.54) is 36.1 Å². The quantitative estimate of drug-likeness (QED) is 0.162. The molecule has 2 saturated heterocycles. The number of anilines is 2. The predicted octanol–water partition coefficient (Wildman–Crippen LogP) is 4.23. The molecule has 2 atom stereocenters. The molecule has 51 heavy (non-hydrogen) atoms. The molecule has 2 aliphatic heterocycles. The van der Waals surface area contributed by atoms with Crippen molar-refractivity contribution in [2.24, 2.45) is 0 Å². The van der Waals surface area contributed by atoms with Crippen LogP contribution < -0.4 is 20.2 Å². The van der Waals surface area contributed by atoms with Gasteiger partial charge in [-0.25, -0.2) is 23.7 Å². The minimum Gasteiger partial charge on any atom is -0.491 e. The number of aromatic nitrogens is 6. The minimum atomic E-state index is -1.17. The molecule has 0 amide bonds. The highest BCUT2D eigenvalue weighted by molar-refractivity contribution is 6.35. The minimum absolute atomic E-state index is 0.205. The van der Waals surface area contributed by atoms with Crippen molar-refractivity contribution < 1.29 is 23.7 Å². The third-order valence-electron chi connectivity index (χ3n) is 9.03. The maximum absolute atomic E-state index is 12.9. The SMILES string of the molecule is COC(Cn1ncn(-c2ccc(N3CCN(c4ccc(OC[C@@H]5CO[C@@](Cn6cncn6)(c6ccc(Cl)cc6Cl)O5)cc4)CC3)cc2)c1=O)OC. The lowest BCUT2D eigenvalue weighted by atomic mass is 10.1. The molecule has 0 radical (unpaired) electrons. The van der Waals surface area contributed by atoms with E-state index in [9.17, 15) is 4.79 Å². The molecule has 0 unspecified atom stereocenters. The summed E-state index contributed by atoms with van der Waals surface area (Å²) in [4.78, 5) is 21.6. The van der Waals surface area contributed by atoms with Crippen LogP contribution in [-0.4, -0.2) is 95.1 Å². The number of methoxy groups -OCH3 is 2. The van der Waals surface area contributed by atoms with Crippen LogP contribution in [0.4, 0.5) is 11.4 Å². The first-order valence-corrected chi connectivity index (χ1v) is 17.2. The van der Waals surface area contributed by atoms with Crippen LogP contribution in [0.5, 0.6) is 5.75 Å². The third kappa shape index (κ3) is 7.76. The summed E-state index contributed by atoms with van der Waals surface area (Å²) in [7, 11) is 3.05. The zero-order valence-corrected chi connectivity index (χ0v) is 29.7. The van der Waals surface area contributed by atoms with E-state index in [1.807, 2.05) is 42.5 Å². The van der Waals surface area contributed by atoms with Gasteiger partial charge in [0.15, 0.2) is 6.29 Å². The van der Waals surface area contributed by atoms with E-state index in [0.29, 0.717) is 28.8 Å². The van der Waals surface area contributed by atoms with Gasteiger partial charge in [0.2, 0.25) is 5.79 Å². The van der Waals surface area contributed by atoms with E-state index in [4.69, 9.17) is 46.9 Å². The predicted molar refractivity (Wildman–Crippen MR) is 191 cm³/mol. The van der Waals surface area contributed by atoms with Crippen LogP contribution in [0.3, 0.4) is 0 Å². The average molecular weight is 738 g/mol. The first-order valence-electron chi connectivity index (χ1n) is 16.5. The van der Waals surface area contributed by atoms with E-state index in [0.717, 1.165) is 49.0 Å². The summed E-state index contributed by atoms with van der Waals surface area (Å²) in [5, 5.41) is 9.40. The Morgan fingerprint density at radius 1 is 0.882 bits per heavy atom. The Kier molecular flexibility index (Phi) is 10.6. The Morgan fingerprint density at radius 3 is 2.18 bits per heavy atom. The van der Waals surface area contributed by atoms with E-state index in [2.05, 4.69) is 37.1 Å². The highest BCUT2D eigenvalue weighted by atomic mass is 35.5. The average Bonchev–Trinajstić information content (AvgIpc) is 3.91. The fourth-order valence-corrected chi connectivity index (χ4v) is 6.85. The van der Waals surface area contributed by atoms with Gasteiger partial charge < -0.3 is 33.5 Å². The molecular weight excluding hydrogens is 699 g/mol. The van der Waals surface area contributed by atoms with Crippen LogP contribution >= 0.6 is 23.2 Å². The zero-order valence-electron chi connectivity index (χ0n) is 28.2. The van der Waals surface area contributed by atoms with Gasteiger partial charge in [0.1, 0.15) is 44.0 Å². The zero-order chi connectivity index (χ0) is 35.4. The second-order valence-corrected chi connectivity index (χ2v) is 13.0. The fraction of sp³-hybridized carbons (Fsp3) is 0.371. The largest absolute Gasteiger partial charge is 0.491 e. The third-order valence-corrected chi connectivity index (χ3v) is 9.58. The standard InChI is InChI=1S/C35H38Cl2N8O6/c1-47-33(48-2)18-45-34(46)44(24-40-45)28-6-4-26(5-7-28)41-13-15-42(16-14-41)27-8-10-29(11-9-27)49-19-30-20-50-35(51-30,21-43-23-38-22-39-43)31-12-3-25(36)17-32(31)37/h3-12,17,22-24,30,33H,13-16,18-21H2,1-2H3/t30-,35-/m1/s1. The summed E-state index contributed by atoms with van der Waals surface area (Å²) < 4.78 is 33.7. The van der Waals surface area contributed by atoms with Crippen LogP contribution in [0.2, 0.25) is 10.0 Å². The Labute approximate surface area is 304 Å². The van der Waals surface area contributed by atoms with Crippen LogP contribution in [-0.2, 0) is 37.8 Å². The Hall–Kier alpha value is -4.44. The number of nitrogens with zero attached hydrogens (tertiary/aromatic N) is 8. The van der Waals surface area contributed by atoms with Gasteiger partial charge in [0.05, 0.1) is 23.9 Å². The van der Waals surface area contributed by atoms with Gasteiger partial charge in [-0.2, -0.15) is 10.2 Å². The number of benzene rings is 3. The molecule has 0 bridgehead atoms. The van der Waals surface area contributed by atoms with Gasteiger partial charge in [-0.3, -0.25) is 0 Å². The van der Waals surface area contributed by atoms with Crippen molar-refractivity contribution in [2.75, 3.05) is 63.4 Å². The normalized spacial score (nSPS) is 19.3. The van der Waals surface area contributed by atoms with E-state index in [-0.39, 0.29) is 24.9 Å². The van der Waals surface area contributed by atoms with Crippen LogP contribution in [0.25, 0.3) is 5.69 Å². The molecule has 3 aromatic carbocycles. The van der Waals surface area contributed by atoms with Gasteiger partial charge in [0, 0.05) is 62.4 Å². The van der Waals surface area contributed by atoms with Gasteiger partial charge in [-0.15, -0.1) is 0 Å². The molecule has 16 heteroatoms. The monoisotopic (exact) mass is 736 g/mol. The Bertz CT molecular complexity index is 1940. The molecule has 268 valence electrons. The summed E-state index contributed by atoms with van der Waals surface area (Å²) in [6.45, 7) is 4.52. The van der Waals surface area contributed by atoms with Gasteiger partial charge in [-0.05, 0) is 60.7 Å². The lowest BCUT2D eigenvalue weighted by molar-refractivity contribution is -0.190. The van der Waals surface area contributed by atoms with Gasteiger partial charge in [0.25, 0.3) is 0 Å². The molecule has 7 rings (SSSR count). The number of halogens is 2. The summed E-state index contributed by atoms with van der Waals surface area (Å²) >= 11 is 12.7. The second kappa shape index (κ2) is 15.4. The molecule has 0 N–H and O–H groups in total. The molecule has 2 fully saturated rings. The van der Waals surface area contributed by atoms with Crippen molar-refractivity contribution in [3.05, 3.63) is 112 Å². The Balaban J connectivity index is 0.915. The molecule has 5 aromatic rings. The smallest absolute Gasteiger partial charge is 0.350 e. The maximum atomic E-state index is 12.9. The molecule has 0 aliphatic carbocycles. The summed E-state index contributed by atoms with van der Waals surface area (Å²) in [6, 6.07) is 21.3. The molecule has 4 heterocycles. The molecule has 14 nitrogen and oxygen atoms in total. The lowest BCUT2D eigenvalue weighted by Gasteiger charge is -2.37. The lowest BCUT2D eigenvalue weighted by Crippen LogP contribution is -2.46. The number of hydrogen-bond donors (Lipinski definition) is 0. The van der Waals surface area contributed by atoms with Gasteiger partial charge >= 0.3 is 5.69 Å². The van der Waals surface area contributed by atoms with Crippen LogP contribution in [0.1, 0.15) is 5.56 Å². The number of rotatable bonds is 13. The fourth-order valence-electron chi connectivity index (χ4n) is 6.30. The first-order chi connectivity index (χ1) is 24.8. The number of piperazine rings is 1. The van der Waals surface area contributed by atoms with E-state index in [1.54, 1.807) is 23.1 Å². The summed E-state index contributed by atoms with van der Waals surface area (Å²) in [5.74, 6) is -0.429. The van der Waals surface area contributed by atoms with Crippen LogP contribution in [0, 0.1) is 0 Å². The van der Waals surface area contributed by atoms with E-state index < -0.39 is 12.1 Å². The molecule has 0 spiro atoms. The topological polar surface area (TPSA) is 123 Å². The molecule has 2 aliphatic rings. The van der Waals surface area contributed by atoms with Crippen molar-refractivity contribution in [2.45, 2.75) is 31.3 Å². The van der Waals surface area contributed by atoms with Crippen molar-refractivity contribution in [3.8, 4) is 11.4 Å². The first kappa shape index (κ1) is 35.0. The molecule has 0 saturated carbocycles. The van der Waals surface area contributed by atoms with Crippen LogP contribution in [0.15, 0.2) is 90.5 Å². The number of hydrogen-bond acceptors (Lipinski definition) is 11. The van der Waals surface area contributed by atoms with Crippen molar-refractivity contribution in [3.63, 3.8) is 0 Å². The molecule has 2 aromatic heterocycles. The maximum Gasteiger partial charge on any atom is 0.350 e. The second-order valence-electron chi connectivity index (χ2n) is 12.2. The van der Waals surface area contributed by atoms with E-state index >= 15 is 0 Å². The highest BCUT2D eigenvalue weighted by Crippen LogP contribution is 2.40. The summed E-state index contributed by atoms with van der Waals surface area (Å²) in [6.07, 6.45) is 3.69. The van der Waals surface area contributed by atoms with Crippen molar-refractivity contribution in [1.29, 1.82) is 0 Å². The molecular formula is C35H38Cl2N8O6. The van der Waals surface area contributed by atoms with Crippen molar-refractivity contribution in [1.82, 2.24) is 29.1 Å². The number of ether oxygens (including phenoxy) is 5.